The van der Waals surface area contributed by atoms with E-state index >= 15 is 0 Å². The Labute approximate surface area is 168 Å². The van der Waals surface area contributed by atoms with Crippen LogP contribution < -0.4 is 20.1 Å². The fourth-order valence-electron chi connectivity index (χ4n) is 3.26. The van der Waals surface area contributed by atoms with Crippen molar-refractivity contribution in [3.05, 3.63) is 23.8 Å². The summed E-state index contributed by atoms with van der Waals surface area (Å²) in [5.41, 5.74) is 0.548. The van der Waals surface area contributed by atoms with Crippen LogP contribution in [0.1, 0.15) is 38.2 Å². The number of amides is 1. The van der Waals surface area contributed by atoms with Crippen molar-refractivity contribution in [2.75, 3.05) is 40.5 Å². The number of carbonyl (C=O) groups excluding carboxylic acids is 1. The number of methoxy groups -OCH3 is 2. The van der Waals surface area contributed by atoms with Gasteiger partial charge in [0.2, 0.25) is 5.91 Å². The number of piperidine rings is 1. The molecule has 1 aliphatic rings. The molecular weight excluding hydrogens is 368 g/mol. The van der Waals surface area contributed by atoms with Crippen LogP contribution in [0.4, 0.5) is 0 Å². The van der Waals surface area contributed by atoms with E-state index in [9.17, 15) is 4.79 Å². The van der Waals surface area contributed by atoms with Gasteiger partial charge in [-0.1, -0.05) is 19.4 Å². The molecule has 1 aromatic rings. The summed E-state index contributed by atoms with van der Waals surface area (Å²) in [6.07, 6.45) is 3.68. The van der Waals surface area contributed by atoms with Gasteiger partial charge in [0.25, 0.3) is 0 Å². The molecule has 154 valence electrons. The molecule has 1 amide bonds. The zero-order valence-electron chi connectivity index (χ0n) is 16.6. The third-order valence-corrected chi connectivity index (χ3v) is 4.90. The van der Waals surface area contributed by atoms with E-state index in [1.807, 2.05) is 18.2 Å². The van der Waals surface area contributed by atoms with E-state index < -0.39 is 5.41 Å². The number of hydrogen-bond acceptors (Lipinski definition) is 5. The minimum Gasteiger partial charge on any atom is -0.493 e. The van der Waals surface area contributed by atoms with Crippen LogP contribution in [0, 0.1) is 5.41 Å². The number of halogens is 1. The van der Waals surface area contributed by atoms with E-state index in [1.54, 1.807) is 14.2 Å². The van der Waals surface area contributed by atoms with E-state index in [0.29, 0.717) is 25.5 Å². The highest BCUT2D eigenvalue weighted by Gasteiger charge is 2.39. The summed E-state index contributed by atoms with van der Waals surface area (Å²) >= 11 is 0. The van der Waals surface area contributed by atoms with Crippen LogP contribution in [0.15, 0.2) is 18.2 Å². The Bertz CT molecular complexity index is 572. The fraction of sp³-hybridized carbons (Fsp3) is 0.650. The Hall–Kier alpha value is -1.50. The predicted octanol–water partition coefficient (Wildman–Crippen LogP) is 2.93. The highest BCUT2D eigenvalue weighted by molar-refractivity contribution is 5.85. The van der Waals surface area contributed by atoms with Crippen molar-refractivity contribution in [1.29, 1.82) is 0 Å². The average molecular weight is 401 g/mol. The Balaban J connectivity index is 0.00000364. The molecule has 1 aliphatic heterocycles. The lowest BCUT2D eigenvalue weighted by Gasteiger charge is -2.35. The van der Waals surface area contributed by atoms with Crippen LogP contribution in [0.3, 0.4) is 0 Å². The van der Waals surface area contributed by atoms with Crippen LogP contribution in [-0.4, -0.2) is 46.4 Å². The fourth-order valence-corrected chi connectivity index (χ4v) is 3.26. The molecule has 0 atom stereocenters. The first-order chi connectivity index (χ1) is 12.6. The van der Waals surface area contributed by atoms with Crippen molar-refractivity contribution in [1.82, 2.24) is 10.6 Å². The first-order valence-corrected chi connectivity index (χ1v) is 9.43. The minimum atomic E-state index is -0.437. The number of carbonyl (C=O) groups is 1. The lowest BCUT2D eigenvalue weighted by molar-refractivity contribution is -0.136. The van der Waals surface area contributed by atoms with Crippen molar-refractivity contribution in [2.24, 2.45) is 5.41 Å². The molecule has 0 saturated carbocycles. The minimum absolute atomic E-state index is 0. The summed E-state index contributed by atoms with van der Waals surface area (Å²) in [5, 5.41) is 6.38. The number of unbranched alkanes of at least 4 members (excludes halogenated alkanes) is 1. The van der Waals surface area contributed by atoms with Crippen LogP contribution in [0.5, 0.6) is 11.5 Å². The second-order valence-corrected chi connectivity index (χ2v) is 6.83. The van der Waals surface area contributed by atoms with Gasteiger partial charge in [-0.3, -0.25) is 4.79 Å². The zero-order valence-corrected chi connectivity index (χ0v) is 17.5. The molecule has 0 aromatic heterocycles. The molecule has 7 heteroatoms. The largest absolute Gasteiger partial charge is 0.493 e. The van der Waals surface area contributed by atoms with Gasteiger partial charge in [-0.05, 0) is 50.0 Å². The highest BCUT2D eigenvalue weighted by Crippen LogP contribution is 2.31. The van der Waals surface area contributed by atoms with Crippen molar-refractivity contribution < 1.29 is 19.0 Å². The van der Waals surface area contributed by atoms with Gasteiger partial charge in [0.1, 0.15) is 0 Å². The van der Waals surface area contributed by atoms with E-state index in [1.165, 1.54) is 0 Å². The topological polar surface area (TPSA) is 68.8 Å². The van der Waals surface area contributed by atoms with Gasteiger partial charge in [0, 0.05) is 13.7 Å². The van der Waals surface area contributed by atoms with E-state index in [2.05, 4.69) is 17.6 Å². The van der Waals surface area contributed by atoms with Crippen molar-refractivity contribution in [3.63, 3.8) is 0 Å². The first-order valence-electron chi connectivity index (χ1n) is 9.43. The third kappa shape index (κ3) is 6.55. The third-order valence-electron chi connectivity index (χ3n) is 4.90. The maximum absolute atomic E-state index is 12.8. The monoisotopic (exact) mass is 400 g/mol. The molecule has 2 rings (SSSR count). The number of hydrogen-bond donors (Lipinski definition) is 2. The maximum Gasteiger partial charge on any atom is 0.228 e. The SMILES string of the molecule is CCCCOc1ccc(CNC(=O)C2(COC)CCNCC2)cc1OC.Cl. The number of nitrogens with one attached hydrogen (secondary N) is 2. The standard InChI is InChI=1S/C20H32N2O4.ClH/c1-4-5-12-26-17-7-6-16(13-18(17)25-3)14-22-19(23)20(15-24-2)8-10-21-11-9-20;/h6-7,13,21H,4-5,8-12,14-15H2,1-3H3,(H,22,23);1H. The molecule has 1 saturated heterocycles. The molecule has 6 nitrogen and oxygen atoms in total. The summed E-state index contributed by atoms with van der Waals surface area (Å²) in [6.45, 7) is 5.40. The first kappa shape index (κ1) is 23.5. The van der Waals surface area contributed by atoms with Crippen molar-refractivity contribution >= 4 is 18.3 Å². The zero-order chi connectivity index (χ0) is 18.8. The molecule has 0 bridgehead atoms. The molecule has 27 heavy (non-hydrogen) atoms. The molecule has 1 aromatic carbocycles. The lowest BCUT2D eigenvalue weighted by Crippen LogP contribution is -2.49. The Morgan fingerprint density at radius 3 is 2.59 bits per heavy atom. The number of ether oxygens (including phenoxy) is 3. The Morgan fingerprint density at radius 2 is 1.96 bits per heavy atom. The second kappa shape index (κ2) is 12.1. The van der Waals surface area contributed by atoms with Gasteiger partial charge < -0.3 is 24.8 Å². The molecule has 1 heterocycles. The molecule has 0 spiro atoms. The normalized spacial score (nSPS) is 15.5. The molecule has 0 unspecified atom stereocenters. The second-order valence-electron chi connectivity index (χ2n) is 6.83. The smallest absolute Gasteiger partial charge is 0.228 e. The Morgan fingerprint density at radius 1 is 1.22 bits per heavy atom. The molecule has 1 fully saturated rings. The number of rotatable bonds is 10. The highest BCUT2D eigenvalue weighted by atomic mass is 35.5. The van der Waals surface area contributed by atoms with E-state index in [4.69, 9.17) is 14.2 Å². The summed E-state index contributed by atoms with van der Waals surface area (Å²) in [7, 11) is 3.28. The van der Waals surface area contributed by atoms with Crippen LogP contribution >= 0.6 is 12.4 Å². The average Bonchev–Trinajstić information content (AvgIpc) is 2.67. The molecule has 0 aliphatic carbocycles. The summed E-state index contributed by atoms with van der Waals surface area (Å²) < 4.78 is 16.5. The van der Waals surface area contributed by atoms with Gasteiger partial charge >= 0.3 is 0 Å². The van der Waals surface area contributed by atoms with Crippen LogP contribution in [-0.2, 0) is 16.1 Å². The quantitative estimate of drug-likeness (QED) is 0.591. The number of benzene rings is 1. The van der Waals surface area contributed by atoms with Crippen LogP contribution in [0.2, 0.25) is 0 Å². The summed E-state index contributed by atoms with van der Waals surface area (Å²) in [4.78, 5) is 12.8. The molecule has 2 N–H and O–H groups in total. The van der Waals surface area contributed by atoms with E-state index in [0.717, 1.165) is 50.1 Å². The van der Waals surface area contributed by atoms with Crippen molar-refractivity contribution in [2.45, 2.75) is 39.2 Å². The van der Waals surface area contributed by atoms with Gasteiger partial charge in [-0.2, -0.15) is 0 Å². The van der Waals surface area contributed by atoms with Crippen molar-refractivity contribution in [3.8, 4) is 11.5 Å². The van der Waals surface area contributed by atoms with E-state index in [-0.39, 0.29) is 18.3 Å². The van der Waals surface area contributed by atoms with Gasteiger partial charge in [-0.25, -0.2) is 0 Å². The van der Waals surface area contributed by atoms with Gasteiger partial charge in [0.15, 0.2) is 11.5 Å². The summed E-state index contributed by atoms with van der Waals surface area (Å²) in [6, 6.07) is 5.80. The van der Waals surface area contributed by atoms with Gasteiger partial charge in [-0.15, -0.1) is 12.4 Å². The Kier molecular flexibility index (Phi) is 10.5. The maximum atomic E-state index is 12.8. The summed E-state index contributed by atoms with van der Waals surface area (Å²) in [5.74, 6) is 1.50. The molecule has 0 radical (unpaired) electrons. The lowest BCUT2D eigenvalue weighted by atomic mass is 9.78. The van der Waals surface area contributed by atoms with Crippen LogP contribution in [0.25, 0.3) is 0 Å². The van der Waals surface area contributed by atoms with Gasteiger partial charge in [0.05, 0.1) is 25.7 Å². The molecular formula is C20H33ClN2O4. The predicted molar refractivity (Wildman–Crippen MR) is 109 cm³/mol.